The van der Waals surface area contributed by atoms with Gasteiger partial charge in [0.15, 0.2) is 5.82 Å². The highest BCUT2D eigenvalue weighted by atomic mass is 32.2. The Morgan fingerprint density at radius 2 is 2.17 bits per heavy atom. The summed E-state index contributed by atoms with van der Waals surface area (Å²) in [6.45, 7) is 7.99. The molecule has 0 saturated heterocycles. The van der Waals surface area contributed by atoms with E-state index in [4.69, 9.17) is 9.63 Å². The maximum atomic E-state index is 10.7. The molecule has 0 saturated carbocycles. The molecule has 102 valence electrons. The van der Waals surface area contributed by atoms with Crippen molar-refractivity contribution >= 4 is 17.7 Å². The van der Waals surface area contributed by atoms with E-state index in [1.54, 1.807) is 11.8 Å². The number of thioether (sulfide) groups is 1. The summed E-state index contributed by atoms with van der Waals surface area (Å²) in [5, 5.41) is 13.2. The summed E-state index contributed by atoms with van der Waals surface area (Å²) >= 11 is 1.75. The van der Waals surface area contributed by atoms with E-state index in [2.05, 4.69) is 24.0 Å². The standard InChI is InChI=1S/C12H20N2O3S/c1-8(2)18-7-9-13-10(17-14-9)5-12(3,4)6-11(15)16/h8H,5-7H2,1-4H3,(H,15,16). The lowest BCUT2D eigenvalue weighted by molar-refractivity contribution is -0.139. The molecule has 0 spiro atoms. The van der Waals surface area contributed by atoms with Crippen LogP contribution in [0.15, 0.2) is 4.52 Å². The summed E-state index contributed by atoms with van der Waals surface area (Å²) in [5.41, 5.74) is -0.374. The van der Waals surface area contributed by atoms with Crippen molar-refractivity contribution in [3.8, 4) is 0 Å². The Morgan fingerprint density at radius 3 is 2.72 bits per heavy atom. The minimum Gasteiger partial charge on any atom is -0.481 e. The van der Waals surface area contributed by atoms with Crippen LogP contribution in [0.25, 0.3) is 0 Å². The molecule has 0 aliphatic carbocycles. The molecule has 0 radical (unpaired) electrons. The second kappa shape index (κ2) is 6.22. The molecule has 1 rings (SSSR count). The van der Waals surface area contributed by atoms with Crippen LogP contribution in [0.2, 0.25) is 0 Å². The van der Waals surface area contributed by atoms with Gasteiger partial charge in [-0.2, -0.15) is 16.7 Å². The van der Waals surface area contributed by atoms with E-state index >= 15 is 0 Å². The highest BCUT2D eigenvalue weighted by Gasteiger charge is 2.25. The molecule has 1 N–H and O–H groups in total. The summed E-state index contributed by atoms with van der Waals surface area (Å²) in [7, 11) is 0. The van der Waals surface area contributed by atoms with Crippen LogP contribution >= 0.6 is 11.8 Å². The third kappa shape index (κ3) is 5.53. The summed E-state index contributed by atoms with van der Waals surface area (Å²) in [6.07, 6.45) is 0.574. The molecule has 0 aromatic carbocycles. The van der Waals surface area contributed by atoms with Crippen molar-refractivity contribution in [1.82, 2.24) is 10.1 Å². The van der Waals surface area contributed by atoms with Crippen LogP contribution in [0.4, 0.5) is 0 Å². The molecule has 0 atom stereocenters. The number of carbonyl (C=O) groups is 1. The molecule has 0 fully saturated rings. The van der Waals surface area contributed by atoms with Gasteiger partial charge in [0.05, 0.1) is 12.2 Å². The van der Waals surface area contributed by atoms with Crippen LogP contribution in [-0.2, 0) is 17.0 Å². The third-order valence-corrected chi connectivity index (χ3v) is 3.41. The summed E-state index contributed by atoms with van der Waals surface area (Å²) in [5.74, 6) is 1.10. The fourth-order valence-corrected chi connectivity index (χ4v) is 2.14. The van der Waals surface area contributed by atoms with E-state index in [-0.39, 0.29) is 11.8 Å². The minimum absolute atomic E-state index is 0.0887. The molecule has 5 nitrogen and oxygen atoms in total. The molecule has 6 heteroatoms. The largest absolute Gasteiger partial charge is 0.481 e. The molecule has 1 aromatic rings. The Hall–Kier alpha value is -1.04. The highest BCUT2D eigenvalue weighted by Crippen LogP contribution is 2.25. The Morgan fingerprint density at radius 1 is 1.50 bits per heavy atom. The van der Waals surface area contributed by atoms with Crippen LogP contribution < -0.4 is 0 Å². The van der Waals surface area contributed by atoms with Crippen molar-refractivity contribution in [1.29, 1.82) is 0 Å². The van der Waals surface area contributed by atoms with Crippen molar-refractivity contribution in [2.24, 2.45) is 5.41 Å². The maximum Gasteiger partial charge on any atom is 0.303 e. The van der Waals surface area contributed by atoms with Crippen molar-refractivity contribution in [2.75, 3.05) is 0 Å². The molecule has 1 heterocycles. The predicted octanol–water partition coefficient (Wildman–Crippen LogP) is 2.75. The van der Waals surface area contributed by atoms with Crippen LogP contribution in [0.3, 0.4) is 0 Å². The van der Waals surface area contributed by atoms with Crippen molar-refractivity contribution in [3.63, 3.8) is 0 Å². The normalized spacial score (nSPS) is 12.1. The number of carboxylic acids is 1. The smallest absolute Gasteiger partial charge is 0.303 e. The Labute approximate surface area is 111 Å². The number of nitrogens with zero attached hydrogens (tertiary/aromatic N) is 2. The maximum absolute atomic E-state index is 10.7. The van der Waals surface area contributed by atoms with E-state index in [1.165, 1.54) is 0 Å². The highest BCUT2D eigenvalue weighted by molar-refractivity contribution is 7.99. The zero-order chi connectivity index (χ0) is 13.8. The molecule has 0 unspecified atom stereocenters. The number of carboxylic acid groups (broad SMARTS) is 1. The summed E-state index contributed by atoms with van der Waals surface area (Å²) in [4.78, 5) is 15.0. The summed E-state index contributed by atoms with van der Waals surface area (Å²) < 4.78 is 5.15. The van der Waals surface area contributed by atoms with Gasteiger partial charge in [-0.3, -0.25) is 4.79 Å². The summed E-state index contributed by atoms with van der Waals surface area (Å²) in [6, 6.07) is 0. The predicted molar refractivity (Wildman–Crippen MR) is 70.5 cm³/mol. The van der Waals surface area contributed by atoms with E-state index in [0.29, 0.717) is 23.4 Å². The van der Waals surface area contributed by atoms with Crippen LogP contribution in [-0.4, -0.2) is 26.5 Å². The Balaban J connectivity index is 2.55. The van der Waals surface area contributed by atoms with Gasteiger partial charge in [-0.15, -0.1) is 0 Å². The van der Waals surface area contributed by atoms with E-state index in [0.717, 1.165) is 5.75 Å². The van der Waals surface area contributed by atoms with Gasteiger partial charge in [0.2, 0.25) is 5.89 Å². The van der Waals surface area contributed by atoms with E-state index < -0.39 is 5.97 Å². The van der Waals surface area contributed by atoms with Gasteiger partial charge < -0.3 is 9.63 Å². The average molecular weight is 272 g/mol. The number of aliphatic carboxylic acids is 1. The van der Waals surface area contributed by atoms with Crippen molar-refractivity contribution < 1.29 is 14.4 Å². The zero-order valence-electron chi connectivity index (χ0n) is 11.3. The molecule has 0 amide bonds. The first-order chi connectivity index (χ1) is 8.28. The first-order valence-electron chi connectivity index (χ1n) is 5.93. The quantitative estimate of drug-likeness (QED) is 0.822. The topological polar surface area (TPSA) is 76.2 Å². The van der Waals surface area contributed by atoms with Crippen LogP contribution in [0.5, 0.6) is 0 Å². The van der Waals surface area contributed by atoms with Gasteiger partial charge in [-0.1, -0.05) is 32.9 Å². The average Bonchev–Trinajstić information content (AvgIpc) is 2.59. The first kappa shape index (κ1) is 15.0. The second-order valence-corrected chi connectivity index (χ2v) is 6.94. The van der Waals surface area contributed by atoms with E-state index in [1.807, 2.05) is 13.8 Å². The number of hydrogen-bond acceptors (Lipinski definition) is 5. The number of aromatic nitrogens is 2. The molecule has 0 aliphatic heterocycles. The zero-order valence-corrected chi connectivity index (χ0v) is 12.1. The van der Waals surface area contributed by atoms with Gasteiger partial charge >= 0.3 is 5.97 Å². The number of rotatable bonds is 7. The van der Waals surface area contributed by atoms with Gasteiger partial charge in [0.1, 0.15) is 0 Å². The molecule has 0 bridgehead atoms. The second-order valence-electron chi connectivity index (χ2n) is 5.38. The fourth-order valence-electron chi connectivity index (χ4n) is 1.54. The molecular weight excluding hydrogens is 252 g/mol. The lowest BCUT2D eigenvalue weighted by Gasteiger charge is -2.19. The lowest BCUT2D eigenvalue weighted by Crippen LogP contribution is -2.19. The van der Waals surface area contributed by atoms with Crippen LogP contribution in [0.1, 0.15) is 45.8 Å². The van der Waals surface area contributed by atoms with Crippen molar-refractivity contribution in [3.05, 3.63) is 11.7 Å². The number of hydrogen-bond donors (Lipinski definition) is 1. The molecule has 0 aliphatic rings. The van der Waals surface area contributed by atoms with Gasteiger partial charge in [0.25, 0.3) is 0 Å². The van der Waals surface area contributed by atoms with Crippen LogP contribution in [0, 0.1) is 5.41 Å². The minimum atomic E-state index is -0.810. The fraction of sp³-hybridized carbons (Fsp3) is 0.750. The van der Waals surface area contributed by atoms with Gasteiger partial charge in [0, 0.05) is 6.42 Å². The molecule has 18 heavy (non-hydrogen) atoms. The van der Waals surface area contributed by atoms with Crippen molar-refractivity contribution in [2.45, 2.75) is 51.5 Å². The Bertz CT molecular complexity index is 402. The van der Waals surface area contributed by atoms with Gasteiger partial charge in [-0.05, 0) is 10.7 Å². The molecular formula is C12H20N2O3S. The van der Waals surface area contributed by atoms with E-state index in [9.17, 15) is 4.79 Å². The van der Waals surface area contributed by atoms with Gasteiger partial charge in [-0.25, -0.2) is 0 Å². The SMILES string of the molecule is CC(C)SCc1noc(CC(C)(C)CC(=O)O)n1. The Kier molecular flexibility index (Phi) is 5.19. The third-order valence-electron chi connectivity index (χ3n) is 2.32. The monoisotopic (exact) mass is 272 g/mol. The lowest BCUT2D eigenvalue weighted by atomic mass is 9.86. The first-order valence-corrected chi connectivity index (χ1v) is 6.98. The molecule has 1 aromatic heterocycles.